The summed E-state index contributed by atoms with van der Waals surface area (Å²) >= 11 is 0. The van der Waals surface area contributed by atoms with Gasteiger partial charge in [-0.3, -0.25) is 9.69 Å². The number of benzene rings is 1. The van der Waals surface area contributed by atoms with Gasteiger partial charge in [-0.15, -0.1) is 0 Å². The van der Waals surface area contributed by atoms with Gasteiger partial charge in [0.05, 0.1) is 36.4 Å². The first kappa shape index (κ1) is 21.0. The Bertz CT molecular complexity index is 785. The highest BCUT2D eigenvalue weighted by Gasteiger charge is 2.27. The van der Waals surface area contributed by atoms with Crippen molar-refractivity contribution in [3.8, 4) is 5.75 Å². The predicted octanol–water partition coefficient (Wildman–Crippen LogP) is 1.53. The maximum Gasteiger partial charge on any atom is 0.243 e. The highest BCUT2D eigenvalue weighted by Crippen LogP contribution is 2.30. The summed E-state index contributed by atoms with van der Waals surface area (Å²) < 4.78 is 38.3. The van der Waals surface area contributed by atoms with Crippen molar-refractivity contribution in [2.24, 2.45) is 0 Å². The molecule has 2 heterocycles. The molecule has 1 N–H and O–H groups in total. The molecule has 156 valence electrons. The lowest BCUT2D eigenvalue weighted by atomic mass is 10.2. The quantitative estimate of drug-likeness (QED) is 0.732. The van der Waals surface area contributed by atoms with Gasteiger partial charge in [-0.25, -0.2) is 8.42 Å². The molecule has 0 aromatic heterocycles. The predicted molar refractivity (Wildman–Crippen MR) is 106 cm³/mol. The zero-order chi connectivity index (χ0) is 20.1. The summed E-state index contributed by atoms with van der Waals surface area (Å²) in [5, 5.41) is 2.84. The Labute approximate surface area is 166 Å². The van der Waals surface area contributed by atoms with Crippen LogP contribution in [0.25, 0.3) is 0 Å². The number of nitrogens with one attached hydrogen (secondary N) is 1. The van der Waals surface area contributed by atoms with Crippen molar-refractivity contribution in [1.82, 2.24) is 9.21 Å². The van der Waals surface area contributed by atoms with Crippen LogP contribution in [-0.4, -0.2) is 75.6 Å². The number of hydrogen-bond donors (Lipinski definition) is 1. The minimum absolute atomic E-state index is 0.101. The Morgan fingerprint density at radius 2 is 1.86 bits per heavy atom. The molecule has 2 aliphatic heterocycles. The monoisotopic (exact) mass is 411 g/mol. The number of morpholine rings is 1. The average molecular weight is 412 g/mol. The second-order valence-electron chi connectivity index (χ2n) is 7.37. The Balaban J connectivity index is 1.82. The molecule has 2 fully saturated rings. The van der Waals surface area contributed by atoms with Gasteiger partial charge < -0.3 is 14.8 Å². The van der Waals surface area contributed by atoms with Gasteiger partial charge >= 0.3 is 0 Å². The van der Waals surface area contributed by atoms with Crippen molar-refractivity contribution in [3.63, 3.8) is 0 Å². The third-order valence-corrected chi connectivity index (χ3v) is 6.66. The largest absolute Gasteiger partial charge is 0.489 e. The van der Waals surface area contributed by atoms with E-state index in [4.69, 9.17) is 9.47 Å². The number of carbonyl (C=O) groups excluding carboxylic acids is 1. The lowest BCUT2D eigenvalue weighted by molar-refractivity contribution is -0.117. The number of nitrogens with zero attached hydrogens (tertiary/aromatic N) is 2. The van der Waals surface area contributed by atoms with Crippen LogP contribution in [0.1, 0.15) is 26.7 Å². The molecule has 1 amide bonds. The van der Waals surface area contributed by atoms with Gasteiger partial charge in [0.2, 0.25) is 15.9 Å². The summed E-state index contributed by atoms with van der Waals surface area (Å²) in [6.07, 6.45) is 2.10. The molecule has 0 unspecified atom stereocenters. The third kappa shape index (κ3) is 5.22. The third-order valence-electron chi connectivity index (χ3n) is 4.76. The first-order chi connectivity index (χ1) is 13.4. The fraction of sp³-hybridized carbons (Fsp3) is 0.632. The molecule has 0 atom stereocenters. The van der Waals surface area contributed by atoms with Crippen molar-refractivity contribution < 1.29 is 22.7 Å². The van der Waals surface area contributed by atoms with Crippen LogP contribution in [0.2, 0.25) is 0 Å². The van der Waals surface area contributed by atoms with Crippen LogP contribution in [0.4, 0.5) is 5.69 Å². The van der Waals surface area contributed by atoms with Gasteiger partial charge in [0.25, 0.3) is 0 Å². The molecule has 8 nitrogen and oxygen atoms in total. The van der Waals surface area contributed by atoms with Crippen LogP contribution in [0.3, 0.4) is 0 Å². The van der Waals surface area contributed by atoms with Gasteiger partial charge in [-0.05, 0) is 58.0 Å². The summed E-state index contributed by atoms with van der Waals surface area (Å²) in [5.41, 5.74) is 0.382. The minimum atomic E-state index is -3.65. The van der Waals surface area contributed by atoms with E-state index in [1.165, 1.54) is 16.4 Å². The maximum absolute atomic E-state index is 12.9. The van der Waals surface area contributed by atoms with Gasteiger partial charge in [0.15, 0.2) is 0 Å². The SMILES string of the molecule is CC(C)Oc1ccc(S(=O)(=O)N2CCOCC2)cc1NC(=O)CN1CCCC1. The van der Waals surface area contributed by atoms with E-state index in [-0.39, 0.29) is 16.9 Å². The van der Waals surface area contributed by atoms with Gasteiger partial charge in [0.1, 0.15) is 5.75 Å². The first-order valence-electron chi connectivity index (χ1n) is 9.77. The number of rotatable bonds is 7. The molecule has 3 rings (SSSR count). The molecule has 9 heteroatoms. The molecule has 0 saturated carbocycles. The number of sulfonamides is 1. The molecular weight excluding hydrogens is 382 g/mol. The van der Waals surface area contributed by atoms with E-state index in [1.807, 2.05) is 13.8 Å². The summed E-state index contributed by atoms with van der Waals surface area (Å²) in [6, 6.07) is 4.63. The highest BCUT2D eigenvalue weighted by atomic mass is 32.2. The molecule has 0 aliphatic carbocycles. The Kier molecular flexibility index (Phi) is 6.92. The van der Waals surface area contributed by atoms with Crippen LogP contribution in [-0.2, 0) is 19.6 Å². The second kappa shape index (κ2) is 9.21. The number of hydrogen-bond acceptors (Lipinski definition) is 6. The van der Waals surface area contributed by atoms with Crippen molar-refractivity contribution in [2.45, 2.75) is 37.7 Å². The summed E-state index contributed by atoms with van der Waals surface area (Å²) in [7, 11) is -3.65. The number of likely N-dealkylation sites (tertiary alicyclic amines) is 1. The summed E-state index contributed by atoms with van der Waals surface area (Å²) in [4.78, 5) is 14.7. The number of ether oxygens (including phenoxy) is 2. The Morgan fingerprint density at radius 3 is 2.50 bits per heavy atom. The smallest absolute Gasteiger partial charge is 0.243 e. The topological polar surface area (TPSA) is 88.2 Å². The fourth-order valence-electron chi connectivity index (χ4n) is 3.39. The Hall–Kier alpha value is -1.68. The van der Waals surface area contributed by atoms with Crippen LogP contribution in [0.5, 0.6) is 5.75 Å². The minimum Gasteiger partial charge on any atom is -0.489 e. The van der Waals surface area contributed by atoms with E-state index >= 15 is 0 Å². The molecule has 2 aliphatic rings. The van der Waals surface area contributed by atoms with Crippen molar-refractivity contribution in [1.29, 1.82) is 0 Å². The number of anilines is 1. The molecule has 2 saturated heterocycles. The number of carbonyl (C=O) groups is 1. The van der Waals surface area contributed by atoms with Gasteiger partial charge in [-0.2, -0.15) is 4.31 Å². The Morgan fingerprint density at radius 1 is 1.18 bits per heavy atom. The molecule has 0 radical (unpaired) electrons. The summed E-state index contributed by atoms with van der Waals surface area (Å²) in [6.45, 7) is 7.29. The molecule has 0 spiro atoms. The second-order valence-corrected chi connectivity index (χ2v) is 9.31. The van der Waals surface area contributed by atoms with E-state index in [2.05, 4.69) is 10.2 Å². The zero-order valence-corrected chi connectivity index (χ0v) is 17.3. The molecule has 28 heavy (non-hydrogen) atoms. The average Bonchev–Trinajstić information content (AvgIpc) is 3.16. The molecule has 1 aromatic carbocycles. The van der Waals surface area contributed by atoms with Crippen molar-refractivity contribution in [3.05, 3.63) is 18.2 Å². The van der Waals surface area contributed by atoms with Crippen LogP contribution >= 0.6 is 0 Å². The highest BCUT2D eigenvalue weighted by molar-refractivity contribution is 7.89. The van der Waals surface area contributed by atoms with Crippen molar-refractivity contribution >= 4 is 21.6 Å². The normalized spacial score (nSPS) is 19.1. The van der Waals surface area contributed by atoms with Crippen LogP contribution in [0.15, 0.2) is 23.1 Å². The lowest BCUT2D eigenvalue weighted by Gasteiger charge is -2.26. The van der Waals surface area contributed by atoms with Crippen LogP contribution < -0.4 is 10.1 Å². The molecule has 0 bridgehead atoms. The van der Waals surface area contributed by atoms with E-state index in [0.29, 0.717) is 44.3 Å². The maximum atomic E-state index is 12.9. The molecular formula is C19H29N3O5S. The van der Waals surface area contributed by atoms with Gasteiger partial charge in [-0.1, -0.05) is 0 Å². The van der Waals surface area contributed by atoms with Gasteiger partial charge in [0, 0.05) is 13.1 Å². The standard InChI is InChI=1S/C19H29N3O5S/c1-15(2)27-18-6-5-16(28(24,25)22-9-11-26-12-10-22)13-17(18)20-19(23)14-21-7-3-4-8-21/h5-6,13,15H,3-4,7-12,14H2,1-2H3,(H,20,23). The number of amides is 1. The van der Waals surface area contributed by atoms with E-state index < -0.39 is 10.0 Å². The van der Waals surface area contributed by atoms with Crippen molar-refractivity contribution in [2.75, 3.05) is 51.3 Å². The molecule has 1 aromatic rings. The van der Waals surface area contributed by atoms with E-state index in [0.717, 1.165) is 25.9 Å². The lowest BCUT2D eigenvalue weighted by Crippen LogP contribution is -2.40. The van der Waals surface area contributed by atoms with E-state index in [1.54, 1.807) is 6.07 Å². The first-order valence-corrected chi connectivity index (χ1v) is 11.2. The summed E-state index contributed by atoms with van der Waals surface area (Å²) in [5.74, 6) is 0.294. The zero-order valence-electron chi connectivity index (χ0n) is 16.5. The van der Waals surface area contributed by atoms with E-state index in [9.17, 15) is 13.2 Å². The van der Waals surface area contributed by atoms with Crippen LogP contribution in [0, 0.1) is 0 Å². The fourth-order valence-corrected chi connectivity index (χ4v) is 4.83.